The van der Waals surface area contributed by atoms with E-state index < -0.39 is 15.2 Å². The highest BCUT2D eigenvalue weighted by Gasteiger charge is 2.62. The first-order chi connectivity index (χ1) is 6.69. The molecule has 0 amide bonds. The minimum absolute atomic E-state index is 0.355. The molecule has 0 spiro atoms. The summed E-state index contributed by atoms with van der Waals surface area (Å²) in [6.45, 7) is 24.0. The Balaban J connectivity index is 6.05. The first kappa shape index (κ1) is 16.7. The van der Waals surface area contributed by atoms with Gasteiger partial charge in [-0.25, -0.2) is 0 Å². The molecule has 0 nitrogen and oxygen atoms in total. The van der Waals surface area contributed by atoms with Crippen molar-refractivity contribution < 1.29 is 0 Å². The van der Waals surface area contributed by atoms with Crippen molar-refractivity contribution in [1.82, 2.24) is 0 Å². The number of halogens is 1. The third kappa shape index (κ3) is 2.44. The molecule has 97 valence electrons. The maximum absolute atomic E-state index is 6.82. The normalized spacial score (nSPS) is 15.8. The summed E-state index contributed by atoms with van der Waals surface area (Å²) < 4.78 is 0. The average molecular weight is 278 g/mol. The van der Waals surface area contributed by atoms with Gasteiger partial charge in [0, 0.05) is 0 Å². The van der Waals surface area contributed by atoms with E-state index >= 15 is 0 Å². The van der Waals surface area contributed by atoms with Gasteiger partial charge in [-0.05, 0) is 15.1 Å². The van der Waals surface area contributed by atoms with Gasteiger partial charge in [-0.2, -0.15) is 11.1 Å². The predicted octanol–water partition coefficient (Wildman–Crippen LogP) is 5.77. The van der Waals surface area contributed by atoms with E-state index in [4.69, 9.17) is 11.1 Å². The van der Waals surface area contributed by atoms with Crippen LogP contribution in [0.2, 0.25) is 21.7 Å². The molecule has 0 aliphatic carbocycles. The van der Waals surface area contributed by atoms with Crippen LogP contribution in [0.15, 0.2) is 0 Å². The maximum Gasteiger partial charge on any atom is 0.152 e. The summed E-state index contributed by atoms with van der Waals surface area (Å²) in [7, 11) is -2.40. The van der Waals surface area contributed by atoms with Crippen LogP contribution >= 0.6 is 11.1 Å². The van der Waals surface area contributed by atoms with Gasteiger partial charge in [-0.1, -0.05) is 68.9 Å². The Bertz CT molecular complexity index is 202. The van der Waals surface area contributed by atoms with Crippen LogP contribution in [0.5, 0.6) is 0 Å². The van der Waals surface area contributed by atoms with Gasteiger partial charge in [0.25, 0.3) is 0 Å². The first-order valence-corrected chi connectivity index (χ1v) is 12.2. The summed E-state index contributed by atoms with van der Waals surface area (Å²) in [4.78, 5) is 0. The highest BCUT2D eigenvalue weighted by molar-refractivity contribution is 7.52. The van der Waals surface area contributed by atoms with Gasteiger partial charge in [-0.3, -0.25) is 0 Å². The molecule has 16 heavy (non-hydrogen) atoms. The SMILES string of the molecule is C[Si](Cl)[Si](C(C)(C)C)(C(C)(C)C)C(C)(C)C. The van der Waals surface area contributed by atoms with Gasteiger partial charge in [0.05, 0.1) is 7.59 Å². The molecular weight excluding hydrogens is 248 g/mol. The second-order valence-corrected chi connectivity index (χ2v) is 22.3. The summed E-state index contributed by atoms with van der Waals surface area (Å²) in [5.74, 6) is 0. The number of hydrogen-bond acceptors (Lipinski definition) is 0. The summed E-state index contributed by atoms with van der Waals surface area (Å²) in [5, 5.41) is 1.07. The summed E-state index contributed by atoms with van der Waals surface area (Å²) in [5.41, 5.74) is 0. The molecule has 0 saturated heterocycles. The molecule has 1 radical (unpaired) electrons. The van der Waals surface area contributed by atoms with Crippen LogP contribution in [0.25, 0.3) is 0 Å². The van der Waals surface area contributed by atoms with Gasteiger partial charge in [0.2, 0.25) is 0 Å². The zero-order valence-corrected chi connectivity index (χ0v) is 15.6. The fourth-order valence-electron chi connectivity index (χ4n) is 4.93. The quantitative estimate of drug-likeness (QED) is 0.421. The van der Waals surface area contributed by atoms with Crippen LogP contribution < -0.4 is 0 Å². The number of rotatable bonds is 1. The van der Waals surface area contributed by atoms with Crippen LogP contribution in [0.3, 0.4) is 0 Å². The molecular formula is C13H30ClSi2. The Labute approximate surface area is 110 Å². The van der Waals surface area contributed by atoms with Gasteiger partial charge < -0.3 is 0 Å². The smallest absolute Gasteiger partial charge is 0.152 e. The molecule has 0 saturated carbocycles. The molecule has 0 aromatic rings. The maximum atomic E-state index is 6.82. The molecule has 0 aliphatic rings. The van der Waals surface area contributed by atoms with Gasteiger partial charge >= 0.3 is 0 Å². The van der Waals surface area contributed by atoms with Crippen LogP contribution in [-0.2, 0) is 0 Å². The van der Waals surface area contributed by atoms with E-state index in [1.165, 1.54) is 0 Å². The van der Waals surface area contributed by atoms with Crippen LogP contribution in [0.1, 0.15) is 62.3 Å². The lowest BCUT2D eigenvalue weighted by Gasteiger charge is -2.60. The molecule has 0 atom stereocenters. The molecule has 0 heterocycles. The lowest BCUT2D eigenvalue weighted by atomic mass is 10.2. The zero-order chi connectivity index (χ0) is 13.6. The molecule has 0 unspecified atom stereocenters. The lowest BCUT2D eigenvalue weighted by molar-refractivity contribution is 0.555. The van der Waals surface area contributed by atoms with Crippen molar-refractivity contribution in [2.45, 2.75) is 84.0 Å². The lowest BCUT2D eigenvalue weighted by Crippen LogP contribution is -2.66. The topological polar surface area (TPSA) is 0 Å². The summed E-state index contributed by atoms with van der Waals surface area (Å²) >= 11 is 6.82. The van der Waals surface area contributed by atoms with Crippen LogP contribution in [0, 0.1) is 0 Å². The van der Waals surface area contributed by atoms with E-state index in [9.17, 15) is 0 Å². The molecule has 0 aromatic carbocycles. The van der Waals surface area contributed by atoms with Gasteiger partial charge in [-0.15, -0.1) is 0 Å². The molecule has 3 heteroatoms. The Morgan fingerprint density at radius 3 is 0.875 bits per heavy atom. The molecule has 0 N–H and O–H groups in total. The van der Waals surface area contributed by atoms with E-state index in [1.807, 2.05) is 0 Å². The minimum atomic E-state index is -1.61. The Kier molecular flexibility index (Phi) is 4.64. The number of hydrogen-bond donors (Lipinski definition) is 0. The second kappa shape index (κ2) is 4.43. The fraction of sp³-hybridized carbons (Fsp3) is 1.00. The summed E-state index contributed by atoms with van der Waals surface area (Å²) in [6.07, 6.45) is 0. The van der Waals surface area contributed by atoms with Crippen LogP contribution in [0.4, 0.5) is 0 Å². The van der Waals surface area contributed by atoms with Crippen molar-refractivity contribution in [1.29, 1.82) is 0 Å². The van der Waals surface area contributed by atoms with Crippen molar-refractivity contribution in [3.8, 4) is 0 Å². The summed E-state index contributed by atoms with van der Waals surface area (Å²) in [6, 6.07) is 0. The Morgan fingerprint density at radius 2 is 0.875 bits per heavy atom. The van der Waals surface area contributed by atoms with E-state index in [1.54, 1.807) is 0 Å². The fourth-order valence-corrected chi connectivity index (χ4v) is 31.7. The minimum Gasteiger partial charge on any atom is -0.173 e. The Hall–Kier alpha value is 0.724. The second-order valence-electron chi connectivity index (χ2n) is 8.03. The van der Waals surface area contributed by atoms with E-state index in [-0.39, 0.29) is 0 Å². The molecule has 0 fully saturated rings. The third-order valence-electron chi connectivity index (χ3n) is 3.89. The monoisotopic (exact) mass is 277 g/mol. The largest absolute Gasteiger partial charge is 0.173 e. The van der Waals surface area contributed by atoms with E-state index in [2.05, 4.69) is 68.9 Å². The van der Waals surface area contributed by atoms with Gasteiger partial charge in [0.15, 0.2) is 7.62 Å². The third-order valence-corrected chi connectivity index (χ3v) is 24.1. The first-order valence-electron chi connectivity index (χ1n) is 6.19. The molecule has 0 aromatic heterocycles. The van der Waals surface area contributed by atoms with Crippen molar-refractivity contribution in [3.05, 3.63) is 0 Å². The van der Waals surface area contributed by atoms with Crippen molar-refractivity contribution in [2.75, 3.05) is 0 Å². The molecule has 0 aliphatic heterocycles. The van der Waals surface area contributed by atoms with Gasteiger partial charge in [0.1, 0.15) is 0 Å². The van der Waals surface area contributed by atoms with Crippen molar-refractivity contribution in [2.24, 2.45) is 0 Å². The average Bonchev–Trinajstić information content (AvgIpc) is 1.71. The predicted molar refractivity (Wildman–Crippen MR) is 82.4 cm³/mol. The molecule has 0 bridgehead atoms. The van der Waals surface area contributed by atoms with Crippen LogP contribution in [-0.4, -0.2) is 15.2 Å². The van der Waals surface area contributed by atoms with E-state index in [0.29, 0.717) is 15.1 Å². The highest BCUT2D eigenvalue weighted by Crippen LogP contribution is 2.63. The zero-order valence-electron chi connectivity index (χ0n) is 12.9. The highest BCUT2D eigenvalue weighted by atomic mass is 35.6. The van der Waals surface area contributed by atoms with E-state index in [0.717, 1.165) is 0 Å². The van der Waals surface area contributed by atoms with Crippen molar-refractivity contribution in [3.63, 3.8) is 0 Å². The molecule has 0 rings (SSSR count). The Morgan fingerprint density at radius 1 is 0.688 bits per heavy atom. The van der Waals surface area contributed by atoms with Crippen molar-refractivity contribution >= 4 is 26.3 Å². The standard InChI is InChI=1S/C13H30ClSi2/c1-11(2,3)16(15(10)14,12(4,5)6)13(7,8)9/h1-10H3.